The van der Waals surface area contributed by atoms with Crippen LogP contribution < -0.4 is 5.32 Å². The number of amides is 2. The van der Waals surface area contributed by atoms with E-state index in [-0.39, 0.29) is 29.6 Å². The molecule has 0 aliphatic carbocycles. The zero-order valence-electron chi connectivity index (χ0n) is 15.0. The number of nitro benzene ring substituents is 1. The predicted molar refractivity (Wildman–Crippen MR) is 101 cm³/mol. The predicted octanol–water partition coefficient (Wildman–Crippen LogP) is 2.48. The van der Waals surface area contributed by atoms with Crippen LogP contribution in [0.3, 0.4) is 0 Å². The van der Waals surface area contributed by atoms with E-state index >= 15 is 0 Å². The van der Waals surface area contributed by atoms with Crippen LogP contribution in [0.25, 0.3) is 0 Å². The number of ether oxygens (including phenoxy) is 1. The molecule has 9 nitrogen and oxygen atoms in total. The van der Waals surface area contributed by atoms with Crippen molar-refractivity contribution in [2.75, 3.05) is 32.1 Å². The Hall–Kier alpha value is -2.85. The van der Waals surface area contributed by atoms with Gasteiger partial charge < -0.3 is 15.0 Å². The van der Waals surface area contributed by atoms with Gasteiger partial charge in [-0.05, 0) is 25.5 Å². The van der Waals surface area contributed by atoms with Gasteiger partial charge >= 0.3 is 0 Å². The number of benzene rings is 1. The van der Waals surface area contributed by atoms with E-state index in [0.717, 1.165) is 5.69 Å². The SMILES string of the molecule is COCCCN(CC(=O)Nc1nc(C)cs1)C(=O)c1ccc([N+](=O)[O-])cc1. The highest BCUT2D eigenvalue weighted by atomic mass is 32.1. The molecular formula is C17H20N4O5S. The molecule has 1 heterocycles. The molecule has 0 spiro atoms. The van der Waals surface area contributed by atoms with Crippen molar-refractivity contribution in [3.8, 4) is 0 Å². The highest BCUT2D eigenvalue weighted by Crippen LogP contribution is 2.16. The normalized spacial score (nSPS) is 10.4. The Bertz CT molecular complexity index is 806. The maximum atomic E-state index is 12.7. The zero-order chi connectivity index (χ0) is 19.8. The minimum absolute atomic E-state index is 0.102. The van der Waals surface area contributed by atoms with E-state index in [1.165, 1.54) is 40.5 Å². The first-order valence-corrected chi connectivity index (χ1v) is 9.03. The quantitative estimate of drug-likeness (QED) is 0.398. The van der Waals surface area contributed by atoms with E-state index < -0.39 is 4.92 Å². The van der Waals surface area contributed by atoms with Gasteiger partial charge in [0.2, 0.25) is 5.91 Å². The van der Waals surface area contributed by atoms with E-state index in [1.807, 2.05) is 12.3 Å². The molecular weight excluding hydrogens is 372 g/mol. The lowest BCUT2D eigenvalue weighted by atomic mass is 10.1. The number of hydrogen-bond acceptors (Lipinski definition) is 7. The van der Waals surface area contributed by atoms with Gasteiger partial charge in [-0.1, -0.05) is 0 Å². The number of methoxy groups -OCH3 is 1. The van der Waals surface area contributed by atoms with Gasteiger partial charge in [-0.25, -0.2) is 4.98 Å². The molecule has 0 saturated heterocycles. The summed E-state index contributed by atoms with van der Waals surface area (Å²) < 4.78 is 5.00. The summed E-state index contributed by atoms with van der Waals surface area (Å²) in [5.41, 5.74) is 0.972. The van der Waals surface area contributed by atoms with Gasteiger partial charge in [-0.3, -0.25) is 19.7 Å². The highest BCUT2D eigenvalue weighted by molar-refractivity contribution is 7.13. The summed E-state index contributed by atoms with van der Waals surface area (Å²) in [6.45, 7) is 2.42. The van der Waals surface area contributed by atoms with Crippen LogP contribution in [0.15, 0.2) is 29.6 Å². The number of nitro groups is 1. The summed E-state index contributed by atoms with van der Waals surface area (Å²) in [6.07, 6.45) is 0.554. The number of thiazole rings is 1. The summed E-state index contributed by atoms with van der Waals surface area (Å²) >= 11 is 1.31. The van der Waals surface area contributed by atoms with Gasteiger partial charge in [-0.2, -0.15) is 0 Å². The number of nitrogens with zero attached hydrogens (tertiary/aromatic N) is 3. The number of aromatic nitrogens is 1. The van der Waals surface area contributed by atoms with Crippen molar-refractivity contribution in [1.82, 2.24) is 9.88 Å². The molecule has 0 aliphatic heterocycles. The summed E-state index contributed by atoms with van der Waals surface area (Å²) in [5.74, 6) is -0.747. The second-order valence-electron chi connectivity index (χ2n) is 5.72. The van der Waals surface area contributed by atoms with Gasteiger partial charge in [-0.15, -0.1) is 11.3 Å². The van der Waals surface area contributed by atoms with Gasteiger partial charge in [0.1, 0.15) is 6.54 Å². The summed E-state index contributed by atoms with van der Waals surface area (Å²) in [6, 6.07) is 5.29. The van der Waals surface area contributed by atoms with Crippen LogP contribution in [0.4, 0.5) is 10.8 Å². The molecule has 10 heteroatoms. The number of anilines is 1. The smallest absolute Gasteiger partial charge is 0.269 e. The molecule has 144 valence electrons. The summed E-state index contributed by atoms with van der Waals surface area (Å²) in [4.78, 5) is 40.8. The van der Waals surface area contributed by atoms with Gasteiger partial charge in [0.25, 0.3) is 11.6 Å². The van der Waals surface area contributed by atoms with E-state index in [4.69, 9.17) is 4.74 Å². The number of carbonyl (C=O) groups excluding carboxylic acids is 2. The lowest BCUT2D eigenvalue weighted by Gasteiger charge is -2.22. The maximum absolute atomic E-state index is 12.7. The van der Waals surface area contributed by atoms with Gasteiger partial charge in [0.05, 0.1) is 10.6 Å². The molecule has 1 aromatic carbocycles. The third-order valence-electron chi connectivity index (χ3n) is 3.59. The second kappa shape index (κ2) is 9.74. The highest BCUT2D eigenvalue weighted by Gasteiger charge is 2.20. The Morgan fingerprint density at radius 1 is 1.33 bits per heavy atom. The molecule has 0 aliphatic rings. The Morgan fingerprint density at radius 3 is 2.59 bits per heavy atom. The first kappa shape index (κ1) is 20.5. The van der Waals surface area contributed by atoms with Crippen LogP contribution in [0.5, 0.6) is 0 Å². The minimum Gasteiger partial charge on any atom is -0.385 e. The number of carbonyl (C=O) groups is 2. The van der Waals surface area contributed by atoms with Crippen molar-refractivity contribution in [3.05, 3.63) is 51.0 Å². The Labute approximate surface area is 160 Å². The van der Waals surface area contributed by atoms with Crippen LogP contribution in [-0.2, 0) is 9.53 Å². The number of aryl methyl sites for hydroxylation is 1. The molecule has 0 atom stereocenters. The molecule has 0 radical (unpaired) electrons. The topological polar surface area (TPSA) is 115 Å². The van der Waals surface area contributed by atoms with Crippen LogP contribution in [0, 0.1) is 17.0 Å². The molecule has 1 N–H and O–H groups in total. The number of nitrogens with one attached hydrogen (secondary N) is 1. The van der Waals surface area contributed by atoms with Crippen LogP contribution in [0.2, 0.25) is 0 Å². The first-order chi connectivity index (χ1) is 12.9. The molecule has 0 saturated carbocycles. The van der Waals surface area contributed by atoms with Crippen molar-refractivity contribution in [3.63, 3.8) is 0 Å². The molecule has 27 heavy (non-hydrogen) atoms. The fourth-order valence-corrected chi connectivity index (χ4v) is 3.01. The monoisotopic (exact) mass is 392 g/mol. The van der Waals surface area contributed by atoms with Crippen LogP contribution in [-0.4, -0.2) is 53.4 Å². The lowest BCUT2D eigenvalue weighted by Crippen LogP contribution is -2.39. The molecule has 0 fully saturated rings. The summed E-state index contributed by atoms with van der Waals surface area (Å²) in [7, 11) is 1.56. The number of non-ortho nitro benzene ring substituents is 1. The molecule has 0 bridgehead atoms. The number of rotatable bonds is 9. The molecule has 1 aromatic heterocycles. The van der Waals surface area contributed by atoms with Crippen LogP contribution >= 0.6 is 11.3 Å². The van der Waals surface area contributed by atoms with Crippen LogP contribution in [0.1, 0.15) is 22.5 Å². The first-order valence-electron chi connectivity index (χ1n) is 8.15. The maximum Gasteiger partial charge on any atom is 0.269 e. The molecule has 2 aromatic rings. The van der Waals surface area contributed by atoms with E-state index in [2.05, 4.69) is 10.3 Å². The van der Waals surface area contributed by atoms with E-state index in [9.17, 15) is 19.7 Å². The molecule has 2 amide bonds. The Balaban J connectivity index is 2.08. The Kier molecular flexibility index (Phi) is 7.38. The van der Waals surface area contributed by atoms with Crippen molar-refractivity contribution >= 4 is 34.0 Å². The lowest BCUT2D eigenvalue weighted by molar-refractivity contribution is -0.384. The van der Waals surface area contributed by atoms with E-state index in [1.54, 1.807) is 7.11 Å². The third-order valence-corrected chi connectivity index (χ3v) is 4.46. The average molecular weight is 392 g/mol. The van der Waals surface area contributed by atoms with Crippen molar-refractivity contribution in [2.24, 2.45) is 0 Å². The van der Waals surface area contributed by atoms with E-state index in [0.29, 0.717) is 24.7 Å². The minimum atomic E-state index is -0.534. The van der Waals surface area contributed by atoms with Gasteiger partial charge in [0.15, 0.2) is 5.13 Å². The average Bonchev–Trinajstić information content (AvgIpc) is 3.05. The summed E-state index contributed by atoms with van der Waals surface area (Å²) in [5, 5.41) is 15.7. The standard InChI is InChI=1S/C17H20N4O5S/c1-12-11-27-17(18-12)19-15(22)10-20(8-3-9-26-2)16(23)13-4-6-14(7-5-13)21(24)25/h4-7,11H,3,8-10H2,1-2H3,(H,18,19,22). The van der Waals surface area contributed by atoms with Crippen molar-refractivity contribution < 1.29 is 19.2 Å². The van der Waals surface area contributed by atoms with Crippen molar-refractivity contribution in [1.29, 1.82) is 0 Å². The molecule has 0 unspecified atom stereocenters. The largest absolute Gasteiger partial charge is 0.385 e. The number of hydrogen-bond donors (Lipinski definition) is 1. The molecule has 2 rings (SSSR count). The fraction of sp³-hybridized carbons (Fsp3) is 0.353. The van der Waals surface area contributed by atoms with Gasteiger partial charge in [0, 0.05) is 43.3 Å². The fourth-order valence-electron chi connectivity index (χ4n) is 2.30. The second-order valence-corrected chi connectivity index (χ2v) is 6.58. The Morgan fingerprint density at radius 2 is 2.04 bits per heavy atom. The zero-order valence-corrected chi connectivity index (χ0v) is 15.8. The third kappa shape index (κ3) is 6.12. The van der Waals surface area contributed by atoms with Crippen molar-refractivity contribution in [2.45, 2.75) is 13.3 Å².